The predicted octanol–water partition coefficient (Wildman–Crippen LogP) is 1.81. The van der Waals surface area contributed by atoms with Crippen molar-refractivity contribution in [2.24, 2.45) is 11.3 Å². The molecule has 1 fully saturated rings. The number of aromatic nitrogens is 4. The van der Waals surface area contributed by atoms with Gasteiger partial charge in [0.15, 0.2) is 5.65 Å². The summed E-state index contributed by atoms with van der Waals surface area (Å²) in [6.45, 7) is 8.86. The second kappa shape index (κ2) is 4.08. The number of nitrogens with two attached hydrogens (primary N) is 1. The minimum absolute atomic E-state index is 0.285. The molecule has 19 heavy (non-hydrogen) atoms. The Morgan fingerprint density at radius 1 is 1.42 bits per heavy atom. The summed E-state index contributed by atoms with van der Waals surface area (Å²) in [6, 6.07) is 0. The summed E-state index contributed by atoms with van der Waals surface area (Å²) in [5.74, 6) is 1.83. The topological polar surface area (TPSA) is 83.7 Å². The number of hydrogen-bond donors (Lipinski definition) is 2. The summed E-state index contributed by atoms with van der Waals surface area (Å²) in [5.41, 5.74) is 6.79. The molecular weight excluding hydrogens is 240 g/mol. The Morgan fingerprint density at radius 3 is 2.95 bits per heavy atom. The number of rotatable bonds is 1. The number of aromatic amines is 1. The monoisotopic (exact) mass is 260 g/mol. The average molecular weight is 260 g/mol. The Hall–Kier alpha value is -1.85. The molecule has 0 radical (unpaired) electrons. The van der Waals surface area contributed by atoms with Crippen LogP contribution in [0.25, 0.3) is 11.0 Å². The minimum atomic E-state index is 0.285. The van der Waals surface area contributed by atoms with E-state index in [1.165, 1.54) is 6.42 Å². The van der Waals surface area contributed by atoms with E-state index in [0.717, 1.165) is 24.3 Å². The molecule has 1 unspecified atom stereocenters. The number of anilines is 2. The zero-order chi connectivity index (χ0) is 13.6. The van der Waals surface area contributed by atoms with Gasteiger partial charge in [-0.15, -0.1) is 0 Å². The third-order valence-corrected chi connectivity index (χ3v) is 3.66. The molecule has 0 bridgehead atoms. The number of hydrogen-bond acceptors (Lipinski definition) is 5. The Morgan fingerprint density at radius 2 is 2.21 bits per heavy atom. The van der Waals surface area contributed by atoms with Crippen molar-refractivity contribution < 1.29 is 0 Å². The SMILES string of the molecule is CC1CN(c2nc(N)nc3[nH]ncc23)CC(C)(C)C1. The van der Waals surface area contributed by atoms with E-state index in [4.69, 9.17) is 5.73 Å². The minimum Gasteiger partial charge on any atom is -0.368 e. The first kappa shape index (κ1) is 12.2. The fourth-order valence-electron chi connectivity index (χ4n) is 3.27. The second-order valence-electron chi connectivity index (χ2n) is 6.39. The highest BCUT2D eigenvalue weighted by molar-refractivity contribution is 5.87. The number of fused-ring (bicyclic) bond motifs is 1. The molecule has 0 amide bonds. The Bertz CT molecular complexity index is 602. The lowest BCUT2D eigenvalue weighted by Crippen LogP contribution is -2.44. The van der Waals surface area contributed by atoms with Crippen LogP contribution in [-0.4, -0.2) is 33.3 Å². The van der Waals surface area contributed by atoms with E-state index >= 15 is 0 Å². The highest BCUT2D eigenvalue weighted by Gasteiger charge is 2.32. The van der Waals surface area contributed by atoms with Crippen LogP contribution >= 0.6 is 0 Å². The quantitative estimate of drug-likeness (QED) is 0.817. The highest BCUT2D eigenvalue weighted by Crippen LogP contribution is 2.35. The third-order valence-electron chi connectivity index (χ3n) is 3.66. The number of piperidine rings is 1. The van der Waals surface area contributed by atoms with E-state index in [9.17, 15) is 0 Å². The Balaban J connectivity index is 2.06. The van der Waals surface area contributed by atoms with Crippen molar-refractivity contribution in [3.63, 3.8) is 0 Å². The first-order valence-corrected chi connectivity index (χ1v) is 6.66. The van der Waals surface area contributed by atoms with Gasteiger partial charge in [0.2, 0.25) is 5.95 Å². The van der Waals surface area contributed by atoms with E-state index in [1.54, 1.807) is 6.20 Å². The third kappa shape index (κ3) is 2.22. The fourth-order valence-corrected chi connectivity index (χ4v) is 3.27. The van der Waals surface area contributed by atoms with E-state index in [-0.39, 0.29) is 5.41 Å². The molecule has 102 valence electrons. The lowest BCUT2D eigenvalue weighted by atomic mass is 9.79. The summed E-state index contributed by atoms with van der Waals surface area (Å²) in [6.07, 6.45) is 3.01. The lowest BCUT2D eigenvalue weighted by molar-refractivity contribution is 0.238. The molecule has 1 aliphatic rings. The molecule has 2 aromatic rings. The zero-order valence-electron chi connectivity index (χ0n) is 11.6. The van der Waals surface area contributed by atoms with Gasteiger partial charge in [-0.3, -0.25) is 5.10 Å². The van der Waals surface area contributed by atoms with E-state index in [2.05, 4.69) is 45.8 Å². The van der Waals surface area contributed by atoms with Gasteiger partial charge in [-0.05, 0) is 17.8 Å². The van der Waals surface area contributed by atoms with Gasteiger partial charge in [0.25, 0.3) is 0 Å². The van der Waals surface area contributed by atoms with Gasteiger partial charge in [-0.1, -0.05) is 20.8 Å². The van der Waals surface area contributed by atoms with Gasteiger partial charge < -0.3 is 10.6 Å². The maximum atomic E-state index is 5.80. The molecule has 0 saturated carbocycles. The van der Waals surface area contributed by atoms with Gasteiger partial charge in [-0.2, -0.15) is 15.1 Å². The van der Waals surface area contributed by atoms with Crippen molar-refractivity contribution in [1.29, 1.82) is 0 Å². The van der Waals surface area contributed by atoms with Gasteiger partial charge in [0.1, 0.15) is 5.82 Å². The lowest BCUT2D eigenvalue weighted by Gasteiger charge is -2.42. The molecule has 0 aromatic carbocycles. The maximum absolute atomic E-state index is 5.80. The number of H-pyrrole nitrogens is 1. The normalized spacial score (nSPS) is 22.9. The largest absolute Gasteiger partial charge is 0.368 e. The zero-order valence-corrected chi connectivity index (χ0v) is 11.6. The van der Waals surface area contributed by atoms with Crippen molar-refractivity contribution in [2.45, 2.75) is 27.2 Å². The van der Waals surface area contributed by atoms with Crippen molar-refractivity contribution in [3.8, 4) is 0 Å². The maximum Gasteiger partial charge on any atom is 0.224 e. The summed E-state index contributed by atoms with van der Waals surface area (Å²) in [7, 11) is 0. The molecule has 3 rings (SSSR count). The molecule has 1 aliphatic heterocycles. The molecular formula is C13H20N6. The van der Waals surface area contributed by atoms with Crippen LogP contribution in [0.1, 0.15) is 27.2 Å². The second-order valence-corrected chi connectivity index (χ2v) is 6.39. The van der Waals surface area contributed by atoms with Gasteiger partial charge >= 0.3 is 0 Å². The van der Waals surface area contributed by atoms with Gasteiger partial charge in [-0.25, -0.2) is 0 Å². The van der Waals surface area contributed by atoms with Crippen molar-refractivity contribution in [3.05, 3.63) is 6.20 Å². The summed E-state index contributed by atoms with van der Waals surface area (Å²) in [5, 5.41) is 7.85. The first-order valence-electron chi connectivity index (χ1n) is 6.66. The number of nitrogens with zero attached hydrogens (tertiary/aromatic N) is 4. The van der Waals surface area contributed by atoms with Gasteiger partial charge in [0.05, 0.1) is 11.6 Å². The predicted molar refractivity (Wildman–Crippen MR) is 75.9 cm³/mol. The fraction of sp³-hybridized carbons (Fsp3) is 0.615. The first-order chi connectivity index (χ1) is 8.94. The van der Waals surface area contributed by atoms with E-state index in [0.29, 0.717) is 17.5 Å². The summed E-state index contributed by atoms with van der Waals surface area (Å²) in [4.78, 5) is 10.9. The van der Waals surface area contributed by atoms with E-state index in [1.807, 2.05) is 0 Å². The Labute approximate surface area is 112 Å². The molecule has 0 spiro atoms. The molecule has 3 heterocycles. The summed E-state index contributed by atoms with van der Waals surface area (Å²) < 4.78 is 0. The molecule has 3 N–H and O–H groups in total. The summed E-state index contributed by atoms with van der Waals surface area (Å²) >= 11 is 0. The average Bonchev–Trinajstić information content (AvgIpc) is 2.72. The van der Waals surface area contributed by atoms with Gasteiger partial charge in [0, 0.05) is 13.1 Å². The van der Waals surface area contributed by atoms with Crippen LogP contribution in [0.15, 0.2) is 6.20 Å². The molecule has 2 aromatic heterocycles. The highest BCUT2D eigenvalue weighted by atomic mass is 15.2. The molecule has 0 aliphatic carbocycles. The van der Waals surface area contributed by atoms with Crippen LogP contribution in [0.5, 0.6) is 0 Å². The van der Waals surface area contributed by atoms with Crippen LogP contribution in [0.4, 0.5) is 11.8 Å². The standard InChI is InChI=1S/C13H20N6/c1-8-4-13(2,3)7-19(6-8)11-9-5-15-18-10(9)16-12(14)17-11/h5,8H,4,6-7H2,1-3H3,(H3,14,15,16,17,18). The molecule has 1 atom stereocenters. The Kier molecular flexibility index (Phi) is 2.62. The van der Waals surface area contributed by atoms with Crippen LogP contribution in [0.2, 0.25) is 0 Å². The van der Waals surface area contributed by atoms with E-state index < -0.39 is 0 Å². The van der Waals surface area contributed by atoms with Crippen LogP contribution in [0, 0.1) is 11.3 Å². The number of nitrogens with one attached hydrogen (secondary N) is 1. The smallest absolute Gasteiger partial charge is 0.224 e. The molecule has 1 saturated heterocycles. The number of nitrogen functional groups attached to an aromatic ring is 1. The molecule has 6 heteroatoms. The van der Waals surface area contributed by atoms with Crippen molar-refractivity contribution >= 4 is 22.8 Å². The van der Waals surface area contributed by atoms with Crippen LogP contribution in [0.3, 0.4) is 0 Å². The van der Waals surface area contributed by atoms with Crippen LogP contribution in [-0.2, 0) is 0 Å². The van der Waals surface area contributed by atoms with Crippen molar-refractivity contribution in [1.82, 2.24) is 20.2 Å². The van der Waals surface area contributed by atoms with Crippen molar-refractivity contribution in [2.75, 3.05) is 23.7 Å². The molecule has 6 nitrogen and oxygen atoms in total. The van der Waals surface area contributed by atoms with Crippen LogP contribution < -0.4 is 10.6 Å².